The Kier molecular flexibility index (Phi) is 5.18. The number of rotatable bonds is 4. The van der Waals surface area contributed by atoms with Gasteiger partial charge in [0, 0.05) is 30.9 Å². The van der Waals surface area contributed by atoms with E-state index in [9.17, 15) is 13.2 Å². The predicted octanol–water partition coefficient (Wildman–Crippen LogP) is 1.37. The maximum absolute atomic E-state index is 13.1. The summed E-state index contributed by atoms with van der Waals surface area (Å²) in [4.78, 5) is 17.2. The summed E-state index contributed by atoms with van der Waals surface area (Å²) in [7, 11) is -3.18. The third-order valence-electron chi connectivity index (χ3n) is 5.26. The number of anilines is 1. The van der Waals surface area contributed by atoms with Crippen molar-refractivity contribution >= 4 is 21.6 Å². The largest absolute Gasteiger partial charge is 0.308 e. The quantitative estimate of drug-likeness (QED) is 0.875. The Morgan fingerprint density at radius 1 is 1.24 bits per heavy atom. The van der Waals surface area contributed by atoms with Crippen molar-refractivity contribution in [1.82, 2.24) is 9.62 Å². The van der Waals surface area contributed by atoms with Gasteiger partial charge in [0.2, 0.25) is 15.9 Å². The number of para-hydroxylation sites is 1. The number of fused-ring (bicyclic) bond motifs is 1. The molecule has 6 nitrogen and oxygen atoms in total. The molecule has 0 spiro atoms. The fraction of sp³-hybridized carbons (Fsp3) is 0.611. The number of nitrogens with one attached hydrogen (secondary N) is 1. The van der Waals surface area contributed by atoms with Crippen molar-refractivity contribution in [3.63, 3.8) is 0 Å². The Morgan fingerprint density at radius 3 is 2.52 bits per heavy atom. The second-order valence-electron chi connectivity index (χ2n) is 7.27. The van der Waals surface area contributed by atoms with Crippen LogP contribution in [0.15, 0.2) is 24.3 Å². The topological polar surface area (TPSA) is 69.7 Å². The monoisotopic (exact) mass is 365 g/mol. The van der Waals surface area contributed by atoms with E-state index in [2.05, 4.69) is 22.6 Å². The molecule has 25 heavy (non-hydrogen) atoms. The van der Waals surface area contributed by atoms with E-state index in [0.29, 0.717) is 0 Å². The highest BCUT2D eigenvalue weighted by atomic mass is 32.2. The summed E-state index contributed by atoms with van der Waals surface area (Å²) in [6.07, 6.45) is 3.56. The number of carbonyl (C=O) groups is 1. The summed E-state index contributed by atoms with van der Waals surface area (Å²) >= 11 is 0. The summed E-state index contributed by atoms with van der Waals surface area (Å²) in [5.74, 6) is 0.131. The minimum atomic E-state index is -3.18. The van der Waals surface area contributed by atoms with Crippen molar-refractivity contribution < 1.29 is 13.2 Å². The van der Waals surface area contributed by atoms with E-state index >= 15 is 0 Å². The summed E-state index contributed by atoms with van der Waals surface area (Å²) in [5, 5.41) is 0. The Morgan fingerprint density at radius 2 is 1.88 bits per heavy atom. The van der Waals surface area contributed by atoms with E-state index in [4.69, 9.17) is 0 Å². The van der Waals surface area contributed by atoms with Gasteiger partial charge < -0.3 is 4.90 Å². The van der Waals surface area contributed by atoms with Gasteiger partial charge in [0.15, 0.2) is 0 Å². The number of amides is 1. The van der Waals surface area contributed by atoms with Crippen LogP contribution in [0.25, 0.3) is 0 Å². The zero-order valence-corrected chi connectivity index (χ0v) is 15.9. The number of hydrogen-bond acceptors (Lipinski definition) is 4. The molecule has 138 valence electrons. The zero-order chi connectivity index (χ0) is 18.2. The molecule has 7 heteroatoms. The van der Waals surface area contributed by atoms with Gasteiger partial charge in [-0.1, -0.05) is 18.2 Å². The van der Waals surface area contributed by atoms with Crippen LogP contribution in [0.2, 0.25) is 0 Å². The predicted molar refractivity (Wildman–Crippen MR) is 99.1 cm³/mol. The van der Waals surface area contributed by atoms with Gasteiger partial charge >= 0.3 is 0 Å². The van der Waals surface area contributed by atoms with Crippen LogP contribution in [0.3, 0.4) is 0 Å². The number of sulfonamides is 1. The van der Waals surface area contributed by atoms with Crippen molar-refractivity contribution in [3.8, 4) is 0 Å². The maximum atomic E-state index is 13.1. The Bertz CT molecular complexity index is 742. The fourth-order valence-corrected chi connectivity index (χ4v) is 4.81. The fourth-order valence-electron chi connectivity index (χ4n) is 3.97. The molecule has 2 aliphatic rings. The summed E-state index contributed by atoms with van der Waals surface area (Å²) in [5.41, 5.74) is 2.26. The average molecular weight is 365 g/mol. The number of hydrogen-bond donors (Lipinski definition) is 1. The molecule has 1 fully saturated rings. The standard InChI is InChI=1S/C18H27N3O3S/c1-13-12-15-6-4-5-7-17(15)21(13)18(22)14(2)20-10-8-16(9-11-20)19-25(3,23)24/h4-7,13-14,16,19H,8-12H2,1-3H3/t13-,14+/m1/s1. The van der Waals surface area contributed by atoms with Crippen LogP contribution in [-0.4, -0.2) is 56.7 Å². The molecular formula is C18H27N3O3S. The van der Waals surface area contributed by atoms with Crippen LogP contribution in [0.4, 0.5) is 5.69 Å². The highest BCUT2D eigenvalue weighted by Gasteiger charge is 2.36. The molecule has 0 aromatic heterocycles. The van der Waals surface area contributed by atoms with E-state index in [1.807, 2.05) is 30.0 Å². The molecule has 2 heterocycles. The molecule has 0 radical (unpaired) electrons. The van der Waals surface area contributed by atoms with Crippen molar-refractivity contribution in [2.45, 2.75) is 51.2 Å². The summed E-state index contributed by atoms with van der Waals surface area (Å²) in [6.45, 7) is 5.50. The van der Waals surface area contributed by atoms with Gasteiger partial charge in [0.25, 0.3) is 0 Å². The molecule has 1 aromatic carbocycles. The van der Waals surface area contributed by atoms with Crippen molar-refractivity contribution in [2.75, 3.05) is 24.2 Å². The smallest absolute Gasteiger partial charge is 0.244 e. The summed E-state index contributed by atoms with van der Waals surface area (Å²) < 4.78 is 25.4. The van der Waals surface area contributed by atoms with E-state index in [-0.39, 0.29) is 24.0 Å². The number of carbonyl (C=O) groups excluding carboxylic acids is 1. The lowest BCUT2D eigenvalue weighted by molar-refractivity contribution is -0.124. The highest BCUT2D eigenvalue weighted by molar-refractivity contribution is 7.88. The molecule has 0 bridgehead atoms. The molecule has 0 aliphatic carbocycles. The van der Waals surface area contributed by atoms with Gasteiger partial charge in [-0.05, 0) is 44.7 Å². The molecule has 2 aliphatic heterocycles. The molecule has 3 rings (SSSR count). The zero-order valence-electron chi connectivity index (χ0n) is 15.1. The molecule has 1 N–H and O–H groups in total. The number of nitrogens with zero attached hydrogens (tertiary/aromatic N) is 2. The van der Waals surface area contributed by atoms with Crippen LogP contribution < -0.4 is 9.62 Å². The van der Waals surface area contributed by atoms with E-state index in [1.54, 1.807) is 0 Å². The van der Waals surface area contributed by atoms with Crippen molar-refractivity contribution in [2.24, 2.45) is 0 Å². The molecular weight excluding hydrogens is 338 g/mol. The lowest BCUT2D eigenvalue weighted by atomic mass is 10.0. The van der Waals surface area contributed by atoms with Gasteiger partial charge in [-0.3, -0.25) is 9.69 Å². The number of piperidine rings is 1. The van der Waals surface area contributed by atoms with Gasteiger partial charge in [-0.2, -0.15) is 0 Å². The van der Waals surface area contributed by atoms with E-state index in [1.165, 1.54) is 11.8 Å². The first kappa shape index (κ1) is 18.4. The minimum absolute atomic E-state index is 0.0278. The van der Waals surface area contributed by atoms with Crippen LogP contribution >= 0.6 is 0 Å². The van der Waals surface area contributed by atoms with Crippen LogP contribution in [0.5, 0.6) is 0 Å². The molecule has 1 saturated heterocycles. The first-order chi connectivity index (χ1) is 11.8. The maximum Gasteiger partial charge on any atom is 0.244 e. The van der Waals surface area contributed by atoms with E-state index < -0.39 is 10.0 Å². The first-order valence-corrected chi connectivity index (χ1v) is 10.8. The summed E-state index contributed by atoms with van der Waals surface area (Å²) in [6, 6.07) is 8.05. The van der Waals surface area contributed by atoms with Crippen molar-refractivity contribution in [1.29, 1.82) is 0 Å². The third kappa shape index (κ3) is 4.04. The van der Waals surface area contributed by atoms with Crippen molar-refractivity contribution in [3.05, 3.63) is 29.8 Å². The van der Waals surface area contributed by atoms with E-state index in [0.717, 1.165) is 38.0 Å². The normalized spacial score (nSPS) is 23.5. The minimum Gasteiger partial charge on any atom is -0.308 e. The first-order valence-electron chi connectivity index (χ1n) is 8.88. The average Bonchev–Trinajstić information content (AvgIpc) is 2.88. The molecule has 0 saturated carbocycles. The number of likely N-dealkylation sites (tertiary alicyclic amines) is 1. The van der Waals surface area contributed by atoms with Gasteiger partial charge in [0.05, 0.1) is 12.3 Å². The second kappa shape index (κ2) is 7.05. The Balaban J connectivity index is 1.64. The molecule has 2 atom stereocenters. The molecule has 1 amide bonds. The van der Waals surface area contributed by atoms with Gasteiger partial charge in [-0.15, -0.1) is 0 Å². The molecule has 1 aromatic rings. The van der Waals surface area contributed by atoms with Crippen LogP contribution in [0, 0.1) is 0 Å². The van der Waals surface area contributed by atoms with Crippen LogP contribution in [-0.2, 0) is 21.2 Å². The van der Waals surface area contributed by atoms with Gasteiger partial charge in [-0.25, -0.2) is 13.1 Å². The lowest BCUT2D eigenvalue weighted by Gasteiger charge is -2.37. The van der Waals surface area contributed by atoms with Gasteiger partial charge in [0.1, 0.15) is 0 Å². The van der Waals surface area contributed by atoms with Crippen LogP contribution in [0.1, 0.15) is 32.3 Å². The number of benzene rings is 1. The second-order valence-corrected chi connectivity index (χ2v) is 9.05. The lowest BCUT2D eigenvalue weighted by Crippen LogP contribution is -2.53. The Hall–Kier alpha value is -1.44. The Labute approximate surface area is 150 Å². The highest BCUT2D eigenvalue weighted by Crippen LogP contribution is 2.33. The SMILES string of the molecule is C[C@@H]1Cc2ccccc2N1C(=O)[C@H](C)N1CCC(NS(C)(=O)=O)CC1. The third-order valence-corrected chi connectivity index (χ3v) is 6.02. The molecule has 0 unspecified atom stereocenters.